The monoisotopic (exact) mass is 667 g/mol. The van der Waals surface area contributed by atoms with Crippen molar-refractivity contribution in [3.8, 4) is 0 Å². The van der Waals surface area contributed by atoms with Crippen LogP contribution in [0.1, 0.15) is 40.3 Å². The summed E-state index contributed by atoms with van der Waals surface area (Å²) in [5, 5.41) is 13.3. The number of anilines is 1. The maximum absolute atomic E-state index is 15.7. The van der Waals surface area contributed by atoms with Crippen molar-refractivity contribution < 1.29 is 46.7 Å². The molecule has 228 valence electrons. The largest absolute Gasteiger partial charge is 0.475 e. The molecule has 0 aromatic carbocycles. The van der Waals surface area contributed by atoms with Crippen LogP contribution in [0.3, 0.4) is 0 Å². The lowest BCUT2D eigenvalue weighted by Crippen LogP contribution is -2.50. The molecule has 0 spiro atoms. The Morgan fingerprint density at radius 2 is 2.15 bits per heavy atom. The standard InChI is InChI=1S/C23H32BrFN5O10P/c1-11(2)38-14(31)5-7-27-19(34)16-22(3,4)10-37-41(35,40-16)36-9-13-15(32)23(24,25)20(39-13)30-8-6-12-17(30)28-21(26)29-18(12)33/h6,8,11,13,15-16,20,32H,5,7,9-10H2,1-4H3,(H,27,34)(H3,26,28,29,33)/t13-,15?,16+,20-,23?,41?/m1/s1. The summed E-state index contributed by atoms with van der Waals surface area (Å²) in [6.45, 7) is 5.81. The number of phosphoric ester groups is 1. The molecule has 4 rings (SSSR count). The highest BCUT2D eigenvalue weighted by atomic mass is 79.9. The minimum Gasteiger partial charge on any atom is -0.463 e. The van der Waals surface area contributed by atoms with Gasteiger partial charge in [-0.15, -0.1) is 0 Å². The molecule has 2 aliphatic rings. The summed E-state index contributed by atoms with van der Waals surface area (Å²) < 4.78 is 54.4. The third kappa shape index (κ3) is 6.66. The molecular weight excluding hydrogens is 636 g/mol. The Hall–Kier alpha value is -2.40. The summed E-state index contributed by atoms with van der Waals surface area (Å²) in [4.78, 5) is 43.1. The first-order valence-corrected chi connectivity index (χ1v) is 14.9. The fraction of sp³-hybridized carbons (Fsp3) is 0.652. The van der Waals surface area contributed by atoms with Crippen LogP contribution in [0.5, 0.6) is 0 Å². The quantitative estimate of drug-likeness (QED) is 0.171. The number of aromatic amines is 1. The predicted octanol–water partition coefficient (Wildman–Crippen LogP) is 1.65. The van der Waals surface area contributed by atoms with Crippen molar-refractivity contribution in [2.75, 3.05) is 25.5 Å². The second-order valence-electron chi connectivity index (χ2n) is 10.6. The molecule has 3 unspecified atom stereocenters. The number of fused-ring (bicyclic) bond motifs is 1. The number of nitrogens with one attached hydrogen (secondary N) is 2. The lowest BCUT2D eigenvalue weighted by Gasteiger charge is -2.39. The molecule has 2 aliphatic heterocycles. The summed E-state index contributed by atoms with van der Waals surface area (Å²) in [5.41, 5.74) is 4.15. The minimum atomic E-state index is -4.39. The number of ether oxygens (including phenoxy) is 2. The number of amides is 1. The Labute approximate surface area is 241 Å². The smallest absolute Gasteiger partial charge is 0.463 e. The van der Waals surface area contributed by atoms with Gasteiger partial charge in [0.2, 0.25) is 16.4 Å². The molecule has 1 amide bonds. The van der Waals surface area contributed by atoms with Crippen molar-refractivity contribution in [2.24, 2.45) is 5.41 Å². The number of phosphoric acid groups is 1. The van der Waals surface area contributed by atoms with E-state index in [1.54, 1.807) is 27.7 Å². The molecule has 41 heavy (non-hydrogen) atoms. The molecule has 0 aliphatic carbocycles. The fourth-order valence-electron chi connectivity index (χ4n) is 4.32. The van der Waals surface area contributed by atoms with Gasteiger partial charge in [0.15, 0.2) is 18.0 Å². The lowest BCUT2D eigenvalue weighted by molar-refractivity contribution is -0.147. The lowest BCUT2D eigenvalue weighted by atomic mass is 9.87. The van der Waals surface area contributed by atoms with Gasteiger partial charge in [-0.1, -0.05) is 13.8 Å². The van der Waals surface area contributed by atoms with E-state index in [1.807, 2.05) is 0 Å². The van der Waals surface area contributed by atoms with Gasteiger partial charge in [0.05, 0.1) is 31.1 Å². The maximum Gasteiger partial charge on any atom is 0.475 e. The normalized spacial score (nSPS) is 31.4. The van der Waals surface area contributed by atoms with Gasteiger partial charge in [-0.25, -0.2) is 8.96 Å². The number of alkyl halides is 2. The number of hydrogen-bond donors (Lipinski definition) is 4. The van der Waals surface area contributed by atoms with Gasteiger partial charge in [0.25, 0.3) is 5.56 Å². The van der Waals surface area contributed by atoms with Crippen molar-refractivity contribution in [2.45, 2.75) is 69.3 Å². The number of carbonyl (C=O) groups is 2. The fourth-order valence-corrected chi connectivity index (χ4v) is 6.60. The number of aliphatic hydroxyl groups is 1. The number of halogens is 2. The van der Waals surface area contributed by atoms with E-state index < -0.39 is 66.4 Å². The number of aromatic nitrogens is 3. The highest BCUT2D eigenvalue weighted by Crippen LogP contribution is 2.58. The van der Waals surface area contributed by atoms with Crippen LogP contribution in [0, 0.1) is 5.41 Å². The van der Waals surface area contributed by atoms with E-state index in [9.17, 15) is 24.1 Å². The SMILES string of the molecule is CC(C)OC(=O)CCNC(=O)[C@@H]1OP(=O)(OC[C@H]2O[C@@H](n3ccc4c(=O)[nH]c(N)nc43)C(F)(Br)C2O)OCC1(C)C. The van der Waals surface area contributed by atoms with Crippen LogP contribution in [0.25, 0.3) is 11.0 Å². The van der Waals surface area contributed by atoms with Crippen molar-refractivity contribution in [3.63, 3.8) is 0 Å². The van der Waals surface area contributed by atoms with Crippen molar-refractivity contribution in [3.05, 3.63) is 22.6 Å². The molecule has 2 aromatic rings. The number of nitrogens with two attached hydrogens (primary N) is 1. The average molecular weight is 668 g/mol. The molecule has 4 heterocycles. The Morgan fingerprint density at radius 3 is 2.83 bits per heavy atom. The van der Waals surface area contributed by atoms with Gasteiger partial charge >= 0.3 is 13.8 Å². The van der Waals surface area contributed by atoms with Crippen LogP contribution < -0.4 is 16.6 Å². The third-order valence-corrected chi connectivity index (χ3v) is 8.64. The summed E-state index contributed by atoms with van der Waals surface area (Å²) in [6, 6.07) is 1.38. The molecule has 0 saturated carbocycles. The number of nitrogen functional groups attached to an aromatic ring is 1. The zero-order valence-corrected chi connectivity index (χ0v) is 25.1. The van der Waals surface area contributed by atoms with Gasteiger partial charge in [-0.3, -0.25) is 32.9 Å². The van der Waals surface area contributed by atoms with Crippen LogP contribution in [0.2, 0.25) is 0 Å². The van der Waals surface area contributed by atoms with Gasteiger partial charge < -0.3 is 30.2 Å². The van der Waals surface area contributed by atoms with Crippen LogP contribution in [-0.2, 0) is 37.2 Å². The Bertz CT molecular complexity index is 1410. The molecule has 0 bridgehead atoms. The molecule has 2 fully saturated rings. The summed E-state index contributed by atoms with van der Waals surface area (Å²) in [5.74, 6) is -1.35. The number of aliphatic hydroxyl groups excluding tert-OH is 1. The first kappa shape index (κ1) is 31.5. The third-order valence-electron chi connectivity index (χ3n) is 6.40. The van der Waals surface area contributed by atoms with E-state index in [0.717, 1.165) is 0 Å². The van der Waals surface area contributed by atoms with Crippen molar-refractivity contribution in [1.29, 1.82) is 0 Å². The Morgan fingerprint density at radius 1 is 1.44 bits per heavy atom. The number of carbonyl (C=O) groups excluding carboxylic acids is 2. The minimum absolute atomic E-state index is 0.00629. The Balaban J connectivity index is 1.42. The maximum atomic E-state index is 15.7. The number of hydrogen-bond acceptors (Lipinski definition) is 12. The number of esters is 1. The number of rotatable bonds is 9. The molecule has 2 saturated heterocycles. The molecule has 0 radical (unpaired) electrons. The van der Waals surface area contributed by atoms with Crippen LogP contribution in [0.4, 0.5) is 10.3 Å². The van der Waals surface area contributed by atoms with E-state index in [0.29, 0.717) is 0 Å². The van der Waals surface area contributed by atoms with Crippen LogP contribution in [0.15, 0.2) is 17.1 Å². The van der Waals surface area contributed by atoms with E-state index >= 15 is 4.39 Å². The summed E-state index contributed by atoms with van der Waals surface area (Å²) in [7, 11) is -4.39. The summed E-state index contributed by atoms with van der Waals surface area (Å²) >= 11 is 2.85. The first-order valence-electron chi connectivity index (χ1n) is 12.7. The average Bonchev–Trinajstić information content (AvgIpc) is 3.37. The zero-order chi connectivity index (χ0) is 30.3. The first-order chi connectivity index (χ1) is 19.0. The van der Waals surface area contributed by atoms with E-state index in [-0.39, 0.29) is 42.7 Å². The number of nitrogens with zero attached hydrogens (tertiary/aromatic N) is 2. The van der Waals surface area contributed by atoms with Crippen LogP contribution >= 0.6 is 23.8 Å². The van der Waals surface area contributed by atoms with Crippen molar-refractivity contribution in [1.82, 2.24) is 19.9 Å². The molecule has 15 nitrogen and oxygen atoms in total. The highest BCUT2D eigenvalue weighted by Gasteiger charge is 2.58. The van der Waals surface area contributed by atoms with Crippen LogP contribution in [-0.4, -0.2) is 80.3 Å². The van der Waals surface area contributed by atoms with Gasteiger partial charge in [0, 0.05) is 18.2 Å². The van der Waals surface area contributed by atoms with Crippen molar-refractivity contribution >= 4 is 52.6 Å². The second-order valence-corrected chi connectivity index (χ2v) is 13.5. The topological polar surface area (TPSA) is 206 Å². The highest BCUT2D eigenvalue weighted by molar-refractivity contribution is 9.10. The predicted molar refractivity (Wildman–Crippen MR) is 144 cm³/mol. The van der Waals surface area contributed by atoms with E-state index in [4.69, 9.17) is 28.8 Å². The molecule has 18 heteroatoms. The molecule has 6 atom stereocenters. The van der Waals surface area contributed by atoms with Gasteiger partial charge in [-0.2, -0.15) is 4.98 Å². The number of H-pyrrole nitrogens is 1. The molecular formula is C23H32BrFN5O10P. The van der Waals surface area contributed by atoms with Gasteiger partial charge in [-0.05, 0) is 35.8 Å². The summed E-state index contributed by atoms with van der Waals surface area (Å²) in [6.07, 6.45) is -5.11. The Kier molecular flexibility index (Phi) is 9.00. The zero-order valence-electron chi connectivity index (χ0n) is 22.7. The van der Waals surface area contributed by atoms with E-state index in [1.165, 1.54) is 16.8 Å². The molecule has 5 N–H and O–H groups in total. The van der Waals surface area contributed by atoms with E-state index in [2.05, 4.69) is 31.2 Å². The van der Waals surface area contributed by atoms with Gasteiger partial charge in [0.1, 0.15) is 12.2 Å². The molecule has 2 aromatic heterocycles. The second kappa shape index (κ2) is 11.7.